The normalized spacial score (nSPS) is 13.5. The average molecular weight is 444 g/mol. The largest absolute Gasteiger partial charge is 0.332 e. The summed E-state index contributed by atoms with van der Waals surface area (Å²) >= 11 is 0. The van der Waals surface area contributed by atoms with Gasteiger partial charge in [-0.05, 0) is 55.9 Å². The molecule has 3 heterocycles. The van der Waals surface area contributed by atoms with Crippen molar-refractivity contribution in [2.24, 2.45) is 7.05 Å². The van der Waals surface area contributed by atoms with E-state index in [1.54, 1.807) is 7.05 Å². The SMILES string of the molecule is Cc1cccc(N2CCCn3c2nc2c3c(=O)n(CCCc3ccccc3)c(=O)n2C)c1C. The second-order valence-corrected chi connectivity index (χ2v) is 8.85. The van der Waals surface area contributed by atoms with Gasteiger partial charge in [-0.1, -0.05) is 42.5 Å². The first-order valence-corrected chi connectivity index (χ1v) is 11.5. The first-order valence-electron chi connectivity index (χ1n) is 11.5. The quantitative estimate of drug-likeness (QED) is 0.472. The van der Waals surface area contributed by atoms with Crippen LogP contribution in [-0.2, 0) is 26.6 Å². The Morgan fingerprint density at radius 1 is 0.970 bits per heavy atom. The van der Waals surface area contributed by atoms with Gasteiger partial charge in [0.25, 0.3) is 5.56 Å². The molecule has 170 valence electrons. The molecule has 4 aromatic rings. The van der Waals surface area contributed by atoms with Crippen molar-refractivity contribution in [2.45, 2.75) is 46.2 Å². The fourth-order valence-electron chi connectivity index (χ4n) is 4.80. The lowest BCUT2D eigenvalue weighted by Gasteiger charge is -2.30. The lowest BCUT2D eigenvalue weighted by atomic mass is 10.1. The summed E-state index contributed by atoms with van der Waals surface area (Å²) in [6.45, 7) is 6.14. The molecule has 0 radical (unpaired) electrons. The Morgan fingerprint density at radius 2 is 1.76 bits per heavy atom. The van der Waals surface area contributed by atoms with Crippen molar-refractivity contribution in [1.29, 1.82) is 0 Å². The lowest BCUT2D eigenvalue weighted by Crippen LogP contribution is -2.40. The van der Waals surface area contributed by atoms with Crippen molar-refractivity contribution in [1.82, 2.24) is 18.7 Å². The Bertz CT molecular complexity index is 1450. The molecule has 0 aliphatic carbocycles. The molecule has 0 bridgehead atoms. The molecule has 2 aromatic heterocycles. The number of aryl methyl sites for hydroxylation is 4. The Balaban J connectivity index is 1.58. The average Bonchev–Trinajstić information content (AvgIpc) is 3.22. The van der Waals surface area contributed by atoms with E-state index in [1.807, 2.05) is 22.8 Å². The van der Waals surface area contributed by atoms with Crippen LogP contribution in [0.3, 0.4) is 0 Å². The van der Waals surface area contributed by atoms with E-state index < -0.39 is 0 Å². The molecule has 7 heteroatoms. The summed E-state index contributed by atoms with van der Waals surface area (Å²) in [5, 5.41) is 0. The van der Waals surface area contributed by atoms with Crippen molar-refractivity contribution in [3.63, 3.8) is 0 Å². The number of anilines is 2. The number of aromatic nitrogens is 4. The van der Waals surface area contributed by atoms with Gasteiger partial charge in [0.1, 0.15) is 0 Å². The molecule has 0 atom stereocenters. The minimum atomic E-state index is -0.311. The van der Waals surface area contributed by atoms with Crippen LogP contribution in [0.15, 0.2) is 58.1 Å². The van der Waals surface area contributed by atoms with Gasteiger partial charge < -0.3 is 9.47 Å². The molecule has 0 N–H and O–H groups in total. The minimum Gasteiger partial charge on any atom is -0.312 e. The Morgan fingerprint density at radius 3 is 2.55 bits per heavy atom. The predicted octanol–water partition coefficient (Wildman–Crippen LogP) is 3.69. The second-order valence-electron chi connectivity index (χ2n) is 8.85. The third kappa shape index (κ3) is 3.57. The fourth-order valence-corrected chi connectivity index (χ4v) is 4.80. The molecule has 0 amide bonds. The number of hydrogen-bond acceptors (Lipinski definition) is 4. The van der Waals surface area contributed by atoms with Crippen molar-refractivity contribution < 1.29 is 0 Å². The summed E-state index contributed by atoms with van der Waals surface area (Å²) in [5.41, 5.74) is 5.13. The molecule has 0 unspecified atom stereocenters. The van der Waals surface area contributed by atoms with Gasteiger partial charge in [-0.25, -0.2) is 4.79 Å². The number of hydrogen-bond donors (Lipinski definition) is 0. The van der Waals surface area contributed by atoms with Gasteiger partial charge in [-0.2, -0.15) is 4.98 Å². The van der Waals surface area contributed by atoms with Crippen LogP contribution in [0.5, 0.6) is 0 Å². The highest BCUT2D eigenvalue weighted by Gasteiger charge is 2.27. The van der Waals surface area contributed by atoms with Gasteiger partial charge in [0, 0.05) is 32.4 Å². The van der Waals surface area contributed by atoms with E-state index in [1.165, 1.54) is 25.8 Å². The van der Waals surface area contributed by atoms with Crippen LogP contribution in [0.25, 0.3) is 11.2 Å². The van der Waals surface area contributed by atoms with Gasteiger partial charge in [-0.15, -0.1) is 0 Å². The monoisotopic (exact) mass is 443 g/mol. The first-order chi connectivity index (χ1) is 16.0. The van der Waals surface area contributed by atoms with Crippen molar-refractivity contribution in [3.8, 4) is 0 Å². The molecule has 1 aliphatic heterocycles. The molecule has 0 fully saturated rings. The summed E-state index contributed by atoms with van der Waals surface area (Å²) in [5.74, 6) is 0.735. The summed E-state index contributed by atoms with van der Waals surface area (Å²) in [6, 6.07) is 16.4. The molecule has 2 aromatic carbocycles. The highest BCUT2D eigenvalue weighted by atomic mass is 16.2. The summed E-state index contributed by atoms with van der Waals surface area (Å²) in [4.78, 5) is 33.6. The van der Waals surface area contributed by atoms with E-state index in [0.717, 1.165) is 37.4 Å². The van der Waals surface area contributed by atoms with Crippen molar-refractivity contribution >= 4 is 22.8 Å². The molecule has 1 aliphatic rings. The van der Waals surface area contributed by atoms with E-state index in [2.05, 4.69) is 49.1 Å². The van der Waals surface area contributed by atoms with Gasteiger partial charge in [-0.3, -0.25) is 13.9 Å². The molecule has 0 spiro atoms. The second kappa shape index (κ2) is 8.39. The molecule has 0 saturated carbocycles. The summed E-state index contributed by atoms with van der Waals surface area (Å²) < 4.78 is 4.89. The Kier molecular flexibility index (Phi) is 5.40. The lowest BCUT2D eigenvalue weighted by molar-refractivity contribution is 0.565. The zero-order valence-corrected chi connectivity index (χ0v) is 19.4. The van der Waals surface area contributed by atoms with E-state index in [0.29, 0.717) is 24.3 Å². The highest BCUT2D eigenvalue weighted by Crippen LogP contribution is 2.33. The first kappa shape index (κ1) is 21.2. The Hall–Kier alpha value is -3.61. The number of fused-ring (bicyclic) bond motifs is 3. The van der Waals surface area contributed by atoms with Crippen LogP contribution >= 0.6 is 0 Å². The molecule has 7 nitrogen and oxygen atoms in total. The molecule has 5 rings (SSSR count). The van der Waals surface area contributed by atoms with E-state index >= 15 is 0 Å². The van der Waals surface area contributed by atoms with Crippen molar-refractivity contribution in [3.05, 3.63) is 86.1 Å². The standard InChI is InChI=1S/C26H29N5O2/c1-18-10-7-14-21(19(18)2)29-16-9-17-30-22-23(27-25(29)30)28(3)26(33)31(24(22)32)15-8-13-20-11-5-4-6-12-20/h4-7,10-12,14H,8-9,13,15-17H2,1-3H3. The third-order valence-corrected chi connectivity index (χ3v) is 6.77. The zero-order valence-electron chi connectivity index (χ0n) is 19.4. The number of benzene rings is 2. The maximum atomic E-state index is 13.5. The fraction of sp³-hybridized carbons (Fsp3) is 0.346. The van der Waals surface area contributed by atoms with Crippen LogP contribution < -0.4 is 16.1 Å². The van der Waals surface area contributed by atoms with Crippen LogP contribution in [0.1, 0.15) is 29.5 Å². The summed E-state index contributed by atoms with van der Waals surface area (Å²) in [7, 11) is 1.71. The van der Waals surface area contributed by atoms with Crippen LogP contribution in [-0.4, -0.2) is 25.2 Å². The predicted molar refractivity (Wildman–Crippen MR) is 132 cm³/mol. The van der Waals surface area contributed by atoms with Gasteiger partial charge >= 0.3 is 5.69 Å². The third-order valence-electron chi connectivity index (χ3n) is 6.77. The van der Waals surface area contributed by atoms with Gasteiger partial charge in [0.2, 0.25) is 5.95 Å². The Labute approximate surface area is 192 Å². The highest BCUT2D eigenvalue weighted by molar-refractivity contribution is 5.77. The van der Waals surface area contributed by atoms with E-state index in [4.69, 9.17) is 4.98 Å². The minimum absolute atomic E-state index is 0.247. The van der Waals surface area contributed by atoms with E-state index in [9.17, 15) is 9.59 Å². The van der Waals surface area contributed by atoms with Crippen molar-refractivity contribution in [2.75, 3.05) is 11.4 Å². The molecule has 33 heavy (non-hydrogen) atoms. The number of imidazole rings is 1. The molecule has 0 saturated heterocycles. The summed E-state index contributed by atoms with van der Waals surface area (Å²) in [6.07, 6.45) is 2.45. The van der Waals surface area contributed by atoms with E-state index in [-0.39, 0.29) is 11.2 Å². The van der Waals surface area contributed by atoms with Gasteiger partial charge in [0.15, 0.2) is 11.2 Å². The maximum absolute atomic E-state index is 13.5. The number of rotatable bonds is 5. The number of nitrogens with zero attached hydrogens (tertiary/aromatic N) is 5. The maximum Gasteiger partial charge on any atom is 0.332 e. The smallest absolute Gasteiger partial charge is 0.312 e. The van der Waals surface area contributed by atoms with Crippen LogP contribution in [0.4, 0.5) is 11.6 Å². The topological polar surface area (TPSA) is 65.1 Å². The molecular weight excluding hydrogens is 414 g/mol. The van der Waals surface area contributed by atoms with Gasteiger partial charge in [0.05, 0.1) is 0 Å². The molecular formula is C26H29N5O2. The zero-order chi connectivity index (χ0) is 23.1. The van der Waals surface area contributed by atoms with Crippen LogP contribution in [0, 0.1) is 13.8 Å². The van der Waals surface area contributed by atoms with Crippen LogP contribution in [0.2, 0.25) is 0 Å².